The molecule has 66 valence electrons. The highest BCUT2D eigenvalue weighted by atomic mass is 35.5. The van der Waals surface area contributed by atoms with Crippen molar-refractivity contribution >= 4 is 11.6 Å². The van der Waals surface area contributed by atoms with Crippen LogP contribution in [0.15, 0.2) is 30.9 Å². The van der Waals surface area contributed by atoms with Gasteiger partial charge in [-0.25, -0.2) is 9.07 Å². The van der Waals surface area contributed by atoms with E-state index in [1.807, 2.05) is 0 Å². The normalized spacial score (nSPS) is 10.3. The Balaban J connectivity index is 2.52. The highest BCUT2D eigenvalue weighted by Gasteiger charge is 2.04. The Morgan fingerprint density at radius 2 is 2.23 bits per heavy atom. The Hall–Kier alpha value is -1.42. The maximum Gasteiger partial charge on any atom is 0.167 e. The van der Waals surface area contributed by atoms with Crippen LogP contribution < -0.4 is 0 Å². The van der Waals surface area contributed by atoms with Crippen molar-refractivity contribution in [3.63, 3.8) is 0 Å². The van der Waals surface area contributed by atoms with Gasteiger partial charge in [0.15, 0.2) is 5.82 Å². The van der Waals surface area contributed by atoms with Crippen LogP contribution in [0.2, 0.25) is 5.02 Å². The van der Waals surface area contributed by atoms with Gasteiger partial charge in [0.25, 0.3) is 0 Å². The summed E-state index contributed by atoms with van der Waals surface area (Å²) in [4.78, 5) is 3.63. The van der Waals surface area contributed by atoms with Crippen LogP contribution in [0.1, 0.15) is 0 Å². The molecule has 0 aliphatic carbocycles. The fraction of sp³-hybridized carbons (Fsp3) is 0. The Morgan fingerprint density at radius 3 is 2.85 bits per heavy atom. The molecule has 0 radical (unpaired) electrons. The van der Waals surface area contributed by atoms with E-state index in [9.17, 15) is 4.39 Å². The maximum atomic E-state index is 13.1. The zero-order valence-corrected chi connectivity index (χ0v) is 7.24. The SMILES string of the molecule is Fc1cnccc1-n1cc(Cl)cn1. The van der Waals surface area contributed by atoms with Crippen molar-refractivity contribution in [3.8, 4) is 5.69 Å². The molecule has 2 rings (SSSR count). The van der Waals surface area contributed by atoms with Crippen molar-refractivity contribution in [2.45, 2.75) is 0 Å². The van der Waals surface area contributed by atoms with E-state index in [1.54, 1.807) is 0 Å². The number of hydrogen-bond acceptors (Lipinski definition) is 2. The van der Waals surface area contributed by atoms with Crippen LogP contribution >= 0.6 is 11.6 Å². The van der Waals surface area contributed by atoms with Gasteiger partial charge in [-0.05, 0) is 6.07 Å². The molecule has 5 heteroatoms. The summed E-state index contributed by atoms with van der Waals surface area (Å²) in [6, 6.07) is 1.53. The van der Waals surface area contributed by atoms with E-state index >= 15 is 0 Å². The van der Waals surface area contributed by atoms with Crippen LogP contribution in [0, 0.1) is 5.82 Å². The van der Waals surface area contributed by atoms with Gasteiger partial charge in [0, 0.05) is 12.4 Å². The average Bonchev–Trinajstić information content (AvgIpc) is 2.53. The molecule has 2 aromatic heterocycles. The first kappa shape index (κ1) is 8.19. The van der Waals surface area contributed by atoms with E-state index in [1.165, 1.54) is 29.3 Å². The predicted octanol–water partition coefficient (Wildman–Crippen LogP) is 2.06. The van der Waals surface area contributed by atoms with Crippen LogP contribution in [0.25, 0.3) is 5.69 Å². The molecular weight excluding hydrogens is 193 g/mol. The Kier molecular flexibility index (Phi) is 1.98. The number of aromatic nitrogens is 3. The van der Waals surface area contributed by atoms with Crippen LogP contribution in [0.5, 0.6) is 0 Å². The van der Waals surface area contributed by atoms with Crippen molar-refractivity contribution in [1.29, 1.82) is 0 Å². The van der Waals surface area contributed by atoms with Gasteiger partial charge in [-0.1, -0.05) is 11.6 Å². The third-order valence-corrected chi connectivity index (χ3v) is 1.74. The molecule has 0 N–H and O–H groups in total. The first-order valence-electron chi connectivity index (χ1n) is 3.57. The summed E-state index contributed by atoms with van der Waals surface area (Å²) in [6.07, 6.45) is 5.60. The molecule has 2 heterocycles. The molecular formula is C8H5ClFN3. The summed E-state index contributed by atoms with van der Waals surface area (Å²) in [6.45, 7) is 0. The minimum atomic E-state index is -0.428. The second-order valence-electron chi connectivity index (χ2n) is 2.43. The first-order valence-corrected chi connectivity index (χ1v) is 3.95. The van der Waals surface area contributed by atoms with Crippen molar-refractivity contribution < 1.29 is 4.39 Å². The Bertz CT molecular complexity index is 427. The fourth-order valence-corrected chi connectivity index (χ4v) is 1.12. The lowest BCUT2D eigenvalue weighted by atomic mass is 10.4. The molecule has 2 aromatic rings. The molecule has 0 aliphatic rings. The largest absolute Gasteiger partial charge is 0.262 e. The van der Waals surface area contributed by atoms with E-state index in [-0.39, 0.29) is 0 Å². The Labute approximate surface area is 78.8 Å². The third-order valence-electron chi connectivity index (χ3n) is 1.55. The molecule has 3 nitrogen and oxygen atoms in total. The molecule has 0 atom stereocenters. The standard InChI is InChI=1S/C8H5ClFN3/c9-6-3-12-13(5-6)8-1-2-11-4-7(8)10/h1-5H. The second kappa shape index (κ2) is 3.14. The Morgan fingerprint density at radius 1 is 1.38 bits per heavy atom. The van der Waals surface area contributed by atoms with Crippen LogP contribution in [-0.2, 0) is 0 Å². The smallest absolute Gasteiger partial charge is 0.167 e. The topological polar surface area (TPSA) is 30.7 Å². The highest BCUT2D eigenvalue weighted by Crippen LogP contribution is 2.13. The lowest BCUT2D eigenvalue weighted by Crippen LogP contribution is -1.97. The predicted molar refractivity (Wildman–Crippen MR) is 46.3 cm³/mol. The molecule has 0 saturated heterocycles. The quantitative estimate of drug-likeness (QED) is 0.701. The molecule has 0 spiro atoms. The zero-order chi connectivity index (χ0) is 9.26. The molecule has 13 heavy (non-hydrogen) atoms. The van der Waals surface area contributed by atoms with Crippen LogP contribution in [-0.4, -0.2) is 14.8 Å². The summed E-state index contributed by atoms with van der Waals surface area (Å²) < 4.78 is 14.5. The van der Waals surface area contributed by atoms with Gasteiger partial charge in [-0.3, -0.25) is 4.98 Å². The summed E-state index contributed by atoms with van der Waals surface area (Å²) >= 11 is 5.64. The van der Waals surface area contributed by atoms with E-state index in [0.29, 0.717) is 10.7 Å². The molecule has 0 bridgehead atoms. The van der Waals surface area contributed by atoms with E-state index in [2.05, 4.69) is 10.1 Å². The average molecular weight is 198 g/mol. The maximum absolute atomic E-state index is 13.1. The summed E-state index contributed by atoms with van der Waals surface area (Å²) in [5.41, 5.74) is 0.335. The minimum Gasteiger partial charge on any atom is -0.262 e. The molecule has 0 unspecified atom stereocenters. The minimum absolute atomic E-state index is 0.335. The van der Waals surface area contributed by atoms with Crippen LogP contribution in [0.3, 0.4) is 0 Å². The van der Waals surface area contributed by atoms with Gasteiger partial charge in [-0.2, -0.15) is 5.10 Å². The van der Waals surface area contributed by atoms with Gasteiger partial charge in [0.2, 0.25) is 0 Å². The molecule has 0 saturated carbocycles. The van der Waals surface area contributed by atoms with Gasteiger partial charge in [0.05, 0.1) is 17.4 Å². The molecule has 0 aliphatic heterocycles. The summed E-state index contributed by atoms with van der Waals surface area (Å²) in [5.74, 6) is -0.428. The van der Waals surface area contributed by atoms with Crippen molar-refractivity contribution in [2.75, 3.05) is 0 Å². The number of rotatable bonds is 1. The second-order valence-corrected chi connectivity index (χ2v) is 2.87. The van der Waals surface area contributed by atoms with E-state index in [0.717, 1.165) is 6.20 Å². The van der Waals surface area contributed by atoms with E-state index in [4.69, 9.17) is 11.6 Å². The number of halogens is 2. The molecule has 0 fully saturated rings. The van der Waals surface area contributed by atoms with Crippen molar-refractivity contribution in [1.82, 2.24) is 14.8 Å². The van der Waals surface area contributed by atoms with Gasteiger partial charge < -0.3 is 0 Å². The van der Waals surface area contributed by atoms with Gasteiger partial charge >= 0.3 is 0 Å². The zero-order valence-electron chi connectivity index (χ0n) is 6.48. The fourth-order valence-electron chi connectivity index (χ4n) is 0.986. The highest BCUT2D eigenvalue weighted by molar-refractivity contribution is 6.30. The van der Waals surface area contributed by atoms with E-state index < -0.39 is 5.82 Å². The lowest BCUT2D eigenvalue weighted by Gasteiger charge is -2.00. The number of pyridine rings is 1. The van der Waals surface area contributed by atoms with Crippen LogP contribution in [0.4, 0.5) is 4.39 Å². The third kappa shape index (κ3) is 1.53. The number of hydrogen-bond donors (Lipinski definition) is 0. The van der Waals surface area contributed by atoms with Crippen molar-refractivity contribution in [3.05, 3.63) is 41.7 Å². The summed E-state index contributed by atoms with van der Waals surface area (Å²) in [5, 5.41) is 4.33. The van der Waals surface area contributed by atoms with Crippen molar-refractivity contribution in [2.24, 2.45) is 0 Å². The monoisotopic (exact) mass is 197 g/mol. The first-order chi connectivity index (χ1) is 6.27. The lowest BCUT2D eigenvalue weighted by molar-refractivity contribution is 0.604. The number of nitrogens with zero attached hydrogens (tertiary/aromatic N) is 3. The molecule has 0 amide bonds. The van der Waals surface area contributed by atoms with Gasteiger partial charge in [-0.15, -0.1) is 0 Å². The summed E-state index contributed by atoms with van der Waals surface area (Å²) in [7, 11) is 0. The van der Waals surface area contributed by atoms with Gasteiger partial charge in [0.1, 0.15) is 5.69 Å². The molecule has 0 aromatic carbocycles.